The Labute approximate surface area is 122 Å². The van der Waals surface area contributed by atoms with E-state index in [0.29, 0.717) is 12.2 Å². The van der Waals surface area contributed by atoms with E-state index in [1.807, 2.05) is 25.1 Å². The third kappa shape index (κ3) is 2.53. The van der Waals surface area contributed by atoms with Gasteiger partial charge in [-0.3, -0.25) is 0 Å². The predicted molar refractivity (Wildman–Crippen MR) is 78.9 cm³/mol. The first-order valence-electron chi connectivity index (χ1n) is 6.55. The SMILES string of the molecule is Cc1ccc(C#N)c(N2CCO[C@@H](c3cccs3)C2)n1. The molecule has 1 aliphatic heterocycles. The van der Waals surface area contributed by atoms with Crippen molar-refractivity contribution in [1.29, 1.82) is 5.26 Å². The van der Waals surface area contributed by atoms with Crippen LogP contribution in [0.3, 0.4) is 0 Å². The van der Waals surface area contributed by atoms with Crippen LogP contribution in [0, 0.1) is 18.3 Å². The molecular formula is C15H15N3OS. The van der Waals surface area contributed by atoms with Gasteiger partial charge in [0, 0.05) is 17.1 Å². The highest BCUT2D eigenvalue weighted by molar-refractivity contribution is 7.10. The minimum absolute atomic E-state index is 0.0672. The Morgan fingerprint density at radius 2 is 2.35 bits per heavy atom. The second kappa shape index (κ2) is 5.61. The van der Waals surface area contributed by atoms with Gasteiger partial charge in [0.1, 0.15) is 18.0 Å². The number of nitriles is 1. The molecule has 0 amide bonds. The van der Waals surface area contributed by atoms with Crippen molar-refractivity contribution in [1.82, 2.24) is 4.98 Å². The van der Waals surface area contributed by atoms with E-state index in [2.05, 4.69) is 27.4 Å². The van der Waals surface area contributed by atoms with Crippen molar-refractivity contribution in [3.8, 4) is 6.07 Å². The van der Waals surface area contributed by atoms with Gasteiger partial charge in [0.05, 0.1) is 18.7 Å². The van der Waals surface area contributed by atoms with Crippen LogP contribution in [0.2, 0.25) is 0 Å². The Hall–Kier alpha value is -1.90. The van der Waals surface area contributed by atoms with Gasteiger partial charge in [0.25, 0.3) is 0 Å². The second-order valence-corrected chi connectivity index (χ2v) is 5.74. The van der Waals surface area contributed by atoms with Gasteiger partial charge in [-0.15, -0.1) is 11.3 Å². The van der Waals surface area contributed by atoms with E-state index in [9.17, 15) is 5.26 Å². The maximum atomic E-state index is 9.24. The molecule has 0 N–H and O–H groups in total. The molecule has 0 aromatic carbocycles. The number of hydrogen-bond acceptors (Lipinski definition) is 5. The standard InChI is InChI=1S/C15H15N3OS/c1-11-4-5-12(9-16)15(17-11)18-6-7-19-13(10-18)14-3-2-8-20-14/h2-5,8,13H,6-7,10H2,1H3/t13-/m1/s1. The van der Waals surface area contributed by atoms with Crippen molar-refractivity contribution in [3.05, 3.63) is 45.8 Å². The summed E-state index contributed by atoms with van der Waals surface area (Å²) in [6.45, 7) is 4.11. The molecule has 0 spiro atoms. The van der Waals surface area contributed by atoms with Gasteiger partial charge < -0.3 is 9.64 Å². The molecule has 2 aromatic rings. The molecule has 3 heterocycles. The number of morpholine rings is 1. The smallest absolute Gasteiger partial charge is 0.146 e. The Morgan fingerprint density at radius 1 is 1.45 bits per heavy atom. The third-order valence-corrected chi connectivity index (χ3v) is 4.33. The highest BCUT2D eigenvalue weighted by Gasteiger charge is 2.25. The number of anilines is 1. The fourth-order valence-electron chi connectivity index (χ4n) is 2.36. The van der Waals surface area contributed by atoms with Crippen LogP contribution in [0.1, 0.15) is 22.2 Å². The monoisotopic (exact) mass is 285 g/mol. The zero-order chi connectivity index (χ0) is 13.9. The fraction of sp³-hybridized carbons (Fsp3) is 0.333. The molecule has 1 aliphatic rings. The van der Waals surface area contributed by atoms with Crippen LogP contribution in [0.15, 0.2) is 29.6 Å². The first-order valence-corrected chi connectivity index (χ1v) is 7.43. The van der Waals surface area contributed by atoms with E-state index < -0.39 is 0 Å². The van der Waals surface area contributed by atoms with Crippen molar-refractivity contribution in [3.63, 3.8) is 0 Å². The van der Waals surface area contributed by atoms with Gasteiger partial charge >= 0.3 is 0 Å². The first-order chi connectivity index (χ1) is 9.78. The van der Waals surface area contributed by atoms with Gasteiger partial charge in [-0.05, 0) is 30.5 Å². The fourth-order valence-corrected chi connectivity index (χ4v) is 3.13. The molecule has 0 bridgehead atoms. The summed E-state index contributed by atoms with van der Waals surface area (Å²) >= 11 is 1.70. The summed E-state index contributed by atoms with van der Waals surface area (Å²) in [4.78, 5) is 7.91. The Kier molecular flexibility index (Phi) is 3.68. The lowest BCUT2D eigenvalue weighted by molar-refractivity contribution is 0.0418. The number of hydrogen-bond donors (Lipinski definition) is 0. The summed E-state index contributed by atoms with van der Waals surface area (Å²) in [5.74, 6) is 0.775. The van der Waals surface area contributed by atoms with E-state index in [4.69, 9.17) is 4.74 Å². The molecule has 0 aliphatic carbocycles. The van der Waals surface area contributed by atoms with Crippen molar-refractivity contribution in [2.75, 3.05) is 24.6 Å². The number of thiophene rings is 1. The van der Waals surface area contributed by atoms with Crippen LogP contribution in [0.25, 0.3) is 0 Å². The normalized spacial score (nSPS) is 18.8. The molecule has 1 fully saturated rings. The molecule has 4 nitrogen and oxygen atoms in total. The van der Waals surface area contributed by atoms with E-state index in [1.54, 1.807) is 11.3 Å². The van der Waals surface area contributed by atoms with Crippen LogP contribution in [-0.4, -0.2) is 24.7 Å². The van der Waals surface area contributed by atoms with E-state index in [-0.39, 0.29) is 6.10 Å². The number of ether oxygens (including phenoxy) is 1. The average molecular weight is 285 g/mol. The summed E-state index contributed by atoms with van der Waals surface area (Å²) in [5.41, 5.74) is 1.56. The minimum Gasteiger partial charge on any atom is -0.369 e. The lowest BCUT2D eigenvalue weighted by atomic mass is 10.2. The average Bonchev–Trinajstić information content (AvgIpc) is 3.01. The number of rotatable bonds is 2. The third-order valence-electron chi connectivity index (χ3n) is 3.36. The van der Waals surface area contributed by atoms with Crippen molar-refractivity contribution in [2.24, 2.45) is 0 Å². The van der Waals surface area contributed by atoms with Gasteiger partial charge in [-0.2, -0.15) is 5.26 Å². The van der Waals surface area contributed by atoms with Crippen molar-refractivity contribution < 1.29 is 4.74 Å². The Morgan fingerprint density at radius 3 is 3.10 bits per heavy atom. The van der Waals surface area contributed by atoms with Crippen LogP contribution in [0.4, 0.5) is 5.82 Å². The van der Waals surface area contributed by atoms with Crippen molar-refractivity contribution >= 4 is 17.2 Å². The van der Waals surface area contributed by atoms with Gasteiger partial charge in [-0.1, -0.05) is 6.07 Å². The molecular weight excluding hydrogens is 270 g/mol. The molecule has 0 saturated carbocycles. The molecule has 0 radical (unpaired) electrons. The molecule has 20 heavy (non-hydrogen) atoms. The largest absolute Gasteiger partial charge is 0.369 e. The zero-order valence-corrected chi connectivity index (χ0v) is 12.1. The van der Waals surface area contributed by atoms with Crippen molar-refractivity contribution in [2.45, 2.75) is 13.0 Å². The van der Waals surface area contributed by atoms with E-state index in [1.165, 1.54) is 4.88 Å². The summed E-state index contributed by atoms with van der Waals surface area (Å²) in [7, 11) is 0. The quantitative estimate of drug-likeness (QED) is 0.851. The molecule has 0 unspecified atom stereocenters. The first kappa shape index (κ1) is 13.1. The van der Waals surface area contributed by atoms with Gasteiger partial charge in [0.2, 0.25) is 0 Å². The summed E-state index contributed by atoms with van der Waals surface area (Å²) in [6.07, 6.45) is 0.0672. The van der Waals surface area contributed by atoms with Crippen LogP contribution in [-0.2, 0) is 4.74 Å². The Bertz CT molecular complexity index is 633. The van der Waals surface area contributed by atoms with Gasteiger partial charge in [-0.25, -0.2) is 4.98 Å². The van der Waals surface area contributed by atoms with E-state index >= 15 is 0 Å². The molecule has 3 rings (SSSR count). The minimum atomic E-state index is 0.0672. The summed E-state index contributed by atoms with van der Waals surface area (Å²) in [5, 5.41) is 11.3. The van der Waals surface area contributed by atoms with E-state index in [0.717, 1.165) is 24.6 Å². The topological polar surface area (TPSA) is 49.2 Å². The number of aromatic nitrogens is 1. The number of nitrogens with zero attached hydrogens (tertiary/aromatic N) is 3. The zero-order valence-electron chi connectivity index (χ0n) is 11.2. The maximum Gasteiger partial charge on any atom is 0.146 e. The molecule has 5 heteroatoms. The lowest BCUT2D eigenvalue weighted by Crippen LogP contribution is -2.39. The van der Waals surface area contributed by atoms with Gasteiger partial charge in [0.15, 0.2) is 0 Å². The maximum absolute atomic E-state index is 9.24. The van der Waals surface area contributed by atoms with Crippen LogP contribution >= 0.6 is 11.3 Å². The second-order valence-electron chi connectivity index (χ2n) is 4.76. The van der Waals surface area contributed by atoms with Crippen LogP contribution < -0.4 is 4.90 Å². The van der Waals surface area contributed by atoms with Crippen LogP contribution in [0.5, 0.6) is 0 Å². The molecule has 2 aromatic heterocycles. The lowest BCUT2D eigenvalue weighted by Gasteiger charge is -2.33. The highest BCUT2D eigenvalue weighted by atomic mass is 32.1. The number of aryl methyl sites for hydroxylation is 1. The molecule has 102 valence electrons. The molecule has 1 atom stereocenters. The summed E-state index contributed by atoms with van der Waals surface area (Å²) < 4.78 is 5.84. The predicted octanol–water partition coefficient (Wildman–Crippen LogP) is 2.90. The number of pyridine rings is 1. The molecule has 1 saturated heterocycles. The highest BCUT2D eigenvalue weighted by Crippen LogP contribution is 2.29. The summed E-state index contributed by atoms with van der Waals surface area (Å²) in [6, 6.07) is 10.1. The Balaban J connectivity index is 1.87.